The average Bonchev–Trinajstić information content (AvgIpc) is 3.22. The van der Waals surface area contributed by atoms with Gasteiger partial charge in [0.05, 0.1) is 0 Å². The van der Waals surface area contributed by atoms with E-state index in [-0.39, 0.29) is 13.1 Å². The third-order valence-corrected chi connectivity index (χ3v) is 5.74. The van der Waals surface area contributed by atoms with Crippen LogP contribution in [-0.2, 0) is 28.1 Å². The van der Waals surface area contributed by atoms with Gasteiger partial charge >= 0.3 is 6.03 Å². The van der Waals surface area contributed by atoms with E-state index < -0.39 is 35.7 Å². The number of hydrogen-bond donors (Lipinski definition) is 1. The summed E-state index contributed by atoms with van der Waals surface area (Å²) in [4.78, 5) is 41.1. The molecule has 1 atom stereocenters. The van der Waals surface area contributed by atoms with Crippen LogP contribution in [0.25, 0.3) is 0 Å². The van der Waals surface area contributed by atoms with Crippen molar-refractivity contribution in [1.29, 1.82) is 0 Å². The summed E-state index contributed by atoms with van der Waals surface area (Å²) in [7, 11) is 0. The van der Waals surface area contributed by atoms with Crippen molar-refractivity contribution in [2.75, 3.05) is 13.1 Å². The van der Waals surface area contributed by atoms with Crippen LogP contribution in [-0.4, -0.2) is 40.7 Å². The van der Waals surface area contributed by atoms with Gasteiger partial charge in [0.25, 0.3) is 5.91 Å². The van der Waals surface area contributed by atoms with Gasteiger partial charge in [0.15, 0.2) is 0 Å². The van der Waals surface area contributed by atoms with Crippen LogP contribution in [0.1, 0.15) is 23.1 Å². The van der Waals surface area contributed by atoms with Crippen molar-refractivity contribution < 1.29 is 18.8 Å². The highest BCUT2D eigenvalue weighted by atomic mass is 19.1. The zero-order valence-corrected chi connectivity index (χ0v) is 16.4. The quantitative estimate of drug-likeness (QED) is 0.591. The molecule has 0 bridgehead atoms. The second-order valence-electron chi connectivity index (χ2n) is 7.54. The minimum absolute atomic E-state index is 0.0230. The second-order valence-corrected chi connectivity index (χ2v) is 7.54. The Labute approximate surface area is 174 Å². The van der Waals surface area contributed by atoms with Gasteiger partial charge in [-0.15, -0.1) is 6.58 Å². The number of fused-ring (bicyclic) bond motifs is 2. The number of imide groups is 1. The smallest absolute Gasteiger partial charge is 0.325 e. The number of urea groups is 1. The number of benzene rings is 2. The number of carbonyl (C=O) groups is 3. The minimum atomic E-state index is -1.11. The number of nitrogens with one attached hydrogen (secondary N) is 1. The Bertz CT molecular complexity index is 1040. The Balaban J connectivity index is 1.54. The van der Waals surface area contributed by atoms with E-state index in [1.165, 1.54) is 17.0 Å². The molecule has 1 spiro atoms. The summed E-state index contributed by atoms with van der Waals surface area (Å²) < 4.78 is 14.0. The largest absolute Gasteiger partial charge is 0.333 e. The molecule has 1 fully saturated rings. The summed E-state index contributed by atoms with van der Waals surface area (Å²) in [5.74, 6) is -1.30. The molecule has 2 aromatic rings. The van der Waals surface area contributed by atoms with Gasteiger partial charge in [-0.2, -0.15) is 0 Å². The van der Waals surface area contributed by atoms with E-state index in [2.05, 4.69) is 11.9 Å². The van der Waals surface area contributed by atoms with Gasteiger partial charge in [-0.1, -0.05) is 48.5 Å². The van der Waals surface area contributed by atoms with E-state index in [0.717, 1.165) is 16.0 Å². The maximum absolute atomic E-state index is 14.0. The molecule has 7 heteroatoms. The molecule has 1 saturated heterocycles. The van der Waals surface area contributed by atoms with E-state index in [9.17, 15) is 18.8 Å². The van der Waals surface area contributed by atoms with Crippen molar-refractivity contribution >= 4 is 17.8 Å². The Morgan fingerprint density at radius 2 is 1.93 bits per heavy atom. The number of carbonyl (C=O) groups excluding carboxylic acids is 3. The minimum Gasteiger partial charge on any atom is -0.333 e. The molecule has 0 saturated carbocycles. The number of halogens is 1. The molecule has 30 heavy (non-hydrogen) atoms. The second kappa shape index (κ2) is 7.74. The molecule has 1 heterocycles. The first-order valence-electron chi connectivity index (χ1n) is 9.81. The van der Waals surface area contributed by atoms with Gasteiger partial charge < -0.3 is 10.2 Å². The Morgan fingerprint density at radius 1 is 1.20 bits per heavy atom. The first-order chi connectivity index (χ1) is 14.5. The normalized spacial score (nSPS) is 19.7. The molecule has 1 aliphatic carbocycles. The van der Waals surface area contributed by atoms with Crippen LogP contribution in [0.4, 0.5) is 9.18 Å². The van der Waals surface area contributed by atoms with E-state index in [0.29, 0.717) is 18.4 Å². The van der Waals surface area contributed by atoms with Crippen molar-refractivity contribution in [1.82, 2.24) is 15.1 Å². The topological polar surface area (TPSA) is 69.7 Å². The van der Waals surface area contributed by atoms with E-state index in [4.69, 9.17) is 0 Å². The molecule has 1 N–H and O–H groups in total. The monoisotopic (exact) mass is 407 g/mol. The lowest BCUT2D eigenvalue weighted by Gasteiger charge is -2.25. The molecule has 0 aromatic heterocycles. The van der Waals surface area contributed by atoms with Crippen molar-refractivity contribution in [3.8, 4) is 0 Å². The Morgan fingerprint density at radius 3 is 2.70 bits per heavy atom. The first kappa shape index (κ1) is 19.8. The lowest BCUT2D eigenvalue weighted by Crippen LogP contribution is -2.44. The van der Waals surface area contributed by atoms with Gasteiger partial charge in [0.1, 0.15) is 17.9 Å². The Kier molecular flexibility index (Phi) is 5.11. The van der Waals surface area contributed by atoms with Gasteiger partial charge in [-0.3, -0.25) is 14.5 Å². The zero-order chi connectivity index (χ0) is 21.3. The lowest BCUT2D eigenvalue weighted by molar-refractivity contribution is -0.139. The molecule has 2 aromatic carbocycles. The predicted molar refractivity (Wildman–Crippen MR) is 109 cm³/mol. The van der Waals surface area contributed by atoms with Crippen molar-refractivity contribution in [2.24, 2.45) is 0 Å². The fraction of sp³-hybridized carbons (Fsp3) is 0.261. The maximum atomic E-state index is 14.0. The standard InChI is InChI=1S/C23H22FN3O3/c1-2-13-26(14-17-8-4-6-10-19(17)24)20(28)15-27-21(29)23(25-22(27)30)12-11-16-7-3-5-9-18(16)23/h2-10H,1,11-15H2,(H,25,30). The van der Waals surface area contributed by atoms with E-state index in [1.54, 1.807) is 18.2 Å². The van der Waals surface area contributed by atoms with Crippen LogP contribution >= 0.6 is 0 Å². The summed E-state index contributed by atoms with van der Waals surface area (Å²) >= 11 is 0. The van der Waals surface area contributed by atoms with Gasteiger partial charge in [-0.25, -0.2) is 9.18 Å². The fourth-order valence-electron chi connectivity index (χ4n) is 4.21. The highest BCUT2D eigenvalue weighted by Gasteiger charge is 2.55. The summed E-state index contributed by atoms with van der Waals surface area (Å²) in [5.41, 5.74) is 1.05. The van der Waals surface area contributed by atoms with Crippen LogP contribution in [0.5, 0.6) is 0 Å². The molecular weight excluding hydrogens is 385 g/mol. The highest BCUT2D eigenvalue weighted by Crippen LogP contribution is 2.41. The first-order valence-corrected chi connectivity index (χ1v) is 9.81. The van der Waals surface area contributed by atoms with Crippen molar-refractivity contribution in [3.05, 3.63) is 83.7 Å². The number of amides is 4. The molecule has 154 valence electrons. The van der Waals surface area contributed by atoms with Crippen molar-refractivity contribution in [2.45, 2.75) is 24.9 Å². The summed E-state index contributed by atoms with van der Waals surface area (Å²) in [6.45, 7) is 3.43. The van der Waals surface area contributed by atoms with Crippen LogP contribution in [0, 0.1) is 5.82 Å². The van der Waals surface area contributed by atoms with Gasteiger partial charge in [0, 0.05) is 18.7 Å². The number of hydrogen-bond acceptors (Lipinski definition) is 3. The molecular formula is C23H22FN3O3. The zero-order valence-electron chi connectivity index (χ0n) is 16.4. The van der Waals surface area contributed by atoms with Crippen LogP contribution < -0.4 is 5.32 Å². The van der Waals surface area contributed by atoms with Crippen LogP contribution in [0.3, 0.4) is 0 Å². The fourth-order valence-corrected chi connectivity index (χ4v) is 4.21. The molecule has 0 radical (unpaired) electrons. The molecule has 1 unspecified atom stereocenters. The third kappa shape index (κ3) is 3.26. The number of rotatable bonds is 6. The summed E-state index contributed by atoms with van der Waals surface area (Å²) in [5, 5.41) is 2.81. The highest BCUT2D eigenvalue weighted by molar-refractivity contribution is 6.09. The summed E-state index contributed by atoms with van der Waals surface area (Å²) in [6.07, 6.45) is 2.67. The number of aryl methyl sites for hydroxylation is 1. The van der Waals surface area contributed by atoms with Gasteiger partial charge in [0.2, 0.25) is 5.91 Å². The van der Waals surface area contributed by atoms with Crippen LogP contribution in [0.2, 0.25) is 0 Å². The third-order valence-electron chi connectivity index (χ3n) is 5.74. The van der Waals surface area contributed by atoms with E-state index >= 15 is 0 Å². The lowest BCUT2D eigenvalue weighted by atomic mass is 9.92. The molecule has 6 nitrogen and oxygen atoms in total. The number of nitrogens with zero attached hydrogens (tertiary/aromatic N) is 2. The van der Waals surface area contributed by atoms with Gasteiger partial charge in [-0.05, 0) is 30.0 Å². The molecule has 2 aliphatic rings. The molecule has 4 rings (SSSR count). The SMILES string of the molecule is C=CCN(Cc1ccccc1F)C(=O)CN1C(=O)NC2(CCc3ccccc32)C1=O. The maximum Gasteiger partial charge on any atom is 0.325 e. The Hall–Kier alpha value is -3.48. The van der Waals surface area contributed by atoms with Crippen LogP contribution in [0.15, 0.2) is 61.2 Å². The summed E-state index contributed by atoms with van der Waals surface area (Å²) in [6, 6.07) is 13.1. The van der Waals surface area contributed by atoms with Crippen molar-refractivity contribution in [3.63, 3.8) is 0 Å². The molecule has 4 amide bonds. The van der Waals surface area contributed by atoms with E-state index in [1.807, 2.05) is 24.3 Å². The average molecular weight is 407 g/mol. The predicted octanol–water partition coefficient (Wildman–Crippen LogP) is 2.73. The molecule has 1 aliphatic heterocycles.